The molecule has 2 rings (SSSR count). The number of nitrogens with one attached hydrogen (secondary N) is 1. The Hall–Kier alpha value is -0.500. The quantitative estimate of drug-likeness (QED) is 0.421. The molecular weight excluding hydrogens is 443 g/mol. The van der Waals surface area contributed by atoms with Crippen molar-refractivity contribution in [2.75, 3.05) is 38.6 Å². The second-order valence-corrected chi connectivity index (χ2v) is 6.07. The molecule has 1 unspecified atom stereocenters. The van der Waals surface area contributed by atoms with E-state index in [1.54, 1.807) is 0 Å². The fraction of sp³-hybridized carbons (Fsp3) is 0.533. The lowest BCUT2D eigenvalue weighted by Crippen LogP contribution is -2.44. The number of aliphatic imine (C=N–C) groups is 1. The molecule has 0 spiro atoms. The fourth-order valence-electron chi connectivity index (χ4n) is 2.45. The molecule has 0 amide bonds. The summed E-state index contributed by atoms with van der Waals surface area (Å²) >= 11 is 3.63. The van der Waals surface area contributed by atoms with Gasteiger partial charge in [-0.1, -0.05) is 12.1 Å². The summed E-state index contributed by atoms with van der Waals surface area (Å²) in [6.07, 6.45) is 1.14. The van der Waals surface area contributed by atoms with Crippen LogP contribution in [0.1, 0.15) is 13.3 Å². The summed E-state index contributed by atoms with van der Waals surface area (Å²) in [7, 11) is 4.06. The van der Waals surface area contributed by atoms with Crippen molar-refractivity contribution < 1.29 is 0 Å². The van der Waals surface area contributed by atoms with Crippen molar-refractivity contribution in [3.05, 3.63) is 28.7 Å². The molecule has 1 aliphatic heterocycles. The summed E-state index contributed by atoms with van der Waals surface area (Å²) in [5.41, 5.74) is 1.27. The van der Waals surface area contributed by atoms with Gasteiger partial charge in [-0.15, -0.1) is 24.0 Å². The molecule has 0 bridgehead atoms. The lowest BCUT2D eigenvalue weighted by atomic mass is 10.2. The van der Waals surface area contributed by atoms with Crippen LogP contribution < -0.4 is 10.2 Å². The molecular formula is C15H24BrIN4. The van der Waals surface area contributed by atoms with E-state index >= 15 is 0 Å². The van der Waals surface area contributed by atoms with E-state index in [0.29, 0.717) is 6.04 Å². The topological polar surface area (TPSA) is 30.9 Å². The van der Waals surface area contributed by atoms with E-state index in [9.17, 15) is 0 Å². The molecule has 1 aliphatic rings. The van der Waals surface area contributed by atoms with Gasteiger partial charge in [0, 0.05) is 44.2 Å². The molecule has 21 heavy (non-hydrogen) atoms. The maximum absolute atomic E-state index is 4.51. The van der Waals surface area contributed by atoms with Crippen molar-refractivity contribution in [2.45, 2.75) is 19.4 Å². The smallest absolute Gasteiger partial charge is 0.193 e. The Bertz CT molecular complexity index is 478. The number of hydrogen-bond donors (Lipinski definition) is 1. The molecule has 1 N–H and O–H groups in total. The van der Waals surface area contributed by atoms with Crippen LogP contribution in [0.25, 0.3) is 0 Å². The Morgan fingerprint density at radius 2 is 2.14 bits per heavy atom. The van der Waals surface area contributed by atoms with Gasteiger partial charge in [0.1, 0.15) is 0 Å². The van der Waals surface area contributed by atoms with Crippen LogP contribution in [0.2, 0.25) is 0 Å². The molecule has 1 saturated heterocycles. The first-order valence-electron chi connectivity index (χ1n) is 7.09. The summed E-state index contributed by atoms with van der Waals surface area (Å²) < 4.78 is 1.16. The minimum absolute atomic E-state index is 0. The van der Waals surface area contributed by atoms with Crippen molar-refractivity contribution in [3.8, 4) is 0 Å². The average Bonchev–Trinajstić information content (AvgIpc) is 2.87. The SMILES string of the molecule is CCN=C(NC1CCN(c2ccccc2Br)C1)N(C)C.I. The maximum Gasteiger partial charge on any atom is 0.193 e. The molecule has 6 heteroatoms. The standard InChI is InChI=1S/C15H23BrN4.HI/c1-4-17-15(19(2)3)18-12-9-10-20(11-12)14-8-6-5-7-13(14)16;/h5-8,12H,4,9-11H2,1-3H3,(H,17,18);1H. The Balaban J connectivity index is 0.00000220. The first-order valence-corrected chi connectivity index (χ1v) is 7.89. The molecule has 1 aromatic rings. The van der Waals surface area contributed by atoms with E-state index < -0.39 is 0 Å². The molecule has 0 radical (unpaired) electrons. The molecule has 0 saturated carbocycles. The zero-order valence-corrected chi connectivity index (χ0v) is 16.8. The molecule has 0 aliphatic carbocycles. The van der Waals surface area contributed by atoms with Crippen molar-refractivity contribution in [2.24, 2.45) is 4.99 Å². The molecule has 1 atom stereocenters. The normalized spacial score (nSPS) is 18.4. The monoisotopic (exact) mass is 466 g/mol. The van der Waals surface area contributed by atoms with Crippen molar-refractivity contribution in [1.29, 1.82) is 0 Å². The predicted molar refractivity (Wildman–Crippen MR) is 105 cm³/mol. The third-order valence-corrected chi connectivity index (χ3v) is 4.12. The van der Waals surface area contributed by atoms with Gasteiger partial charge in [0.25, 0.3) is 0 Å². The van der Waals surface area contributed by atoms with Gasteiger partial charge in [-0.2, -0.15) is 0 Å². The number of halogens is 2. The van der Waals surface area contributed by atoms with Gasteiger partial charge >= 0.3 is 0 Å². The zero-order chi connectivity index (χ0) is 14.5. The van der Waals surface area contributed by atoms with Crippen LogP contribution >= 0.6 is 39.9 Å². The minimum Gasteiger partial charge on any atom is -0.368 e. The summed E-state index contributed by atoms with van der Waals surface area (Å²) in [6, 6.07) is 8.86. The van der Waals surface area contributed by atoms with Crippen molar-refractivity contribution in [1.82, 2.24) is 10.2 Å². The Labute approximate surface area is 153 Å². The Kier molecular flexibility index (Phi) is 7.79. The lowest BCUT2D eigenvalue weighted by Gasteiger charge is -2.23. The van der Waals surface area contributed by atoms with Crippen molar-refractivity contribution in [3.63, 3.8) is 0 Å². The fourth-order valence-corrected chi connectivity index (χ4v) is 2.99. The van der Waals surface area contributed by atoms with Crippen LogP contribution in [0.5, 0.6) is 0 Å². The van der Waals surface area contributed by atoms with Crippen LogP contribution in [0, 0.1) is 0 Å². The van der Waals surface area contributed by atoms with Gasteiger partial charge in [-0.3, -0.25) is 4.99 Å². The second kappa shape index (κ2) is 8.82. The molecule has 1 aromatic carbocycles. The van der Waals surface area contributed by atoms with E-state index in [1.165, 1.54) is 5.69 Å². The largest absolute Gasteiger partial charge is 0.368 e. The number of guanidine groups is 1. The number of rotatable bonds is 3. The highest BCUT2D eigenvalue weighted by Crippen LogP contribution is 2.28. The Morgan fingerprint density at radius 1 is 1.43 bits per heavy atom. The van der Waals surface area contributed by atoms with E-state index in [2.05, 4.69) is 62.3 Å². The molecule has 1 fully saturated rings. The zero-order valence-electron chi connectivity index (χ0n) is 12.8. The number of hydrogen-bond acceptors (Lipinski definition) is 2. The van der Waals surface area contributed by atoms with E-state index in [-0.39, 0.29) is 24.0 Å². The van der Waals surface area contributed by atoms with Gasteiger partial charge < -0.3 is 15.1 Å². The van der Waals surface area contributed by atoms with Gasteiger partial charge in [-0.05, 0) is 41.4 Å². The van der Waals surface area contributed by atoms with Gasteiger partial charge in [0.2, 0.25) is 0 Å². The van der Waals surface area contributed by atoms with E-state index in [1.807, 2.05) is 19.0 Å². The minimum atomic E-state index is 0. The van der Waals surface area contributed by atoms with E-state index in [4.69, 9.17) is 0 Å². The predicted octanol–water partition coefficient (Wildman–Crippen LogP) is 3.17. The van der Waals surface area contributed by atoms with Crippen LogP contribution in [0.3, 0.4) is 0 Å². The van der Waals surface area contributed by atoms with Crippen LogP contribution in [0.15, 0.2) is 33.7 Å². The first-order chi connectivity index (χ1) is 9.61. The lowest BCUT2D eigenvalue weighted by molar-refractivity contribution is 0.546. The number of para-hydroxylation sites is 1. The summed E-state index contributed by atoms with van der Waals surface area (Å²) in [5.74, 6) is 0.978. The van der Waals surface area contributed by atoms with Crippen LogP contribution in [-0.4, -0.2) is 50.6 Å². The van der Waals surface area contributed by atoms with Gasteiger partial charge in [0.15, 0.2) is 5.96 Å². The molecule has 118 valence electrons. The average molecular weight is 467 g/mol. The number of benzene rings is 1. The van der Waals surface area contributed by atoms with Gasteiger partial charge in [-0.25, -0.2) is 0 Å². The third-order valence-electron chi connectivity index (χ3n) is 3.45. The first kappa shape index (κ1) is 18.5. The molecule has 1 heterocycles. The highest BCUT2D eigenvalue weighted by atomic mass is 127. The maximum atomic E-state index is 4.51. The Morgan fingerprint density at radius 3 is 2.76 bits per heavy atom. The van der Waals surface area contributed by atoms with Gasteiger partial charge in [0.05, 0.1) is 5.69 Å². The summed E-state index contributed by atoms with van der Waals surface area (Å²) in [5, 5.41) is 3.55. The highest BCUT2D eigenvalue weighted by Gasteiger charge is 2.24. The number of anilines is 1. The second-order valence-electron chi connectivity index (χ2n) is 5.22. The number of nitrogens with zero attached hydrogens (tertiary/aromatic N) is 3. The van der Waals surface area contributed by atoms with Crippen molar-refractivity contribution >= 4 is 51.6 Å². The van der Waals surface area contributed by atoms with E-state index in [0.717, 1.165) is 36.5 Å². The highest BCUT2D eigenvalue weighted by molar-refractivity contribution is 14.0. The van der Waals surface area contributed by atoms with Crippen LogP contribution in [-0.2, 0) is 0 Å². The van der Waals surface area contributed by atoms with Crippen LogP contribution in [0.4, 0.5) is 5.69 Å². The third kappa shape index (κ3) is 5.02. The molecule has 4 nitrogen and oxygen atoms in total. The molecule has 0 aromatic heterocycles. The summed E-state index contributed by atoms with van der Waals surface area (Å²) in [6.45, 7) is 4.96. The summed E-state index contributed by atoms with van der Waals surface area (Å²) in [4.78, 5) is 8.97.